The molecule has 2 amide bonds. The van der Waals surface area contributed by atoms with Crippen LogP contribution in [0.5, 0.6) is 0 Å². The first-order chi connectivity index (χ1) is 13.4. The van der Waals surface area contributed by atoms with Gasteiger partial charge < -0.3 is 35.0 Å². The van der Waals surface area contributed by atoms with Crippen molar-refractivity contribution in [2.24, 2.45) is 5.92 Å². The number of ether oxygens (including phenoxy) is 2. The summed E-state index contributed by atoms with van der Waals surface area (Å²) in [6, 6.07) is -0.775. The molecule has 0 aromatic rings. The number of aliphatic hydroxyl groups excluding tert-OH is 3. The summed E-state index contributed by atoms with van der Waals surface area (Å²) in [5, 5.41) is 31.9. The van der Waals surface area contributed by atoms with Crippen molar-refractivity contribution >= 4 is 11.8 Å². The summed E-state index contributed by atoms with van der Waals surface area (Å²) in [5.74, 6) is -0.601. The van der Waals surface area contributed by atoms with Crippen molar-refractivity contribution in [3.63, 3.8) is 0 Å². The minimum atomic E-state index is -0.896. The predicted octanol–water partition coefficient (Wildman–Crippen LogP) is -0.624. The molecule has 4 N–H and O–H groups in total. The molecule has 2 aliphatic rings. The monoisotopic (exact) mass is 402 g/mol. The van der Waals surface area contributed by atoms with Gasteiger partial charge in [-0.15, -0.1) is 0 Å². The van der Waals surface area contributed by atoms with Crippen LogP contribution >= 0.6 is 0 Å². The maximum atomic E-state index is 12.3. The summed E-state index contributed by atoms with van der Waals surface area (Å²) in [4.78, 5) is 25.5. The van der Waals surface area contributed by atoms with Crippen LogP contribution in [-0.2, 0) is 19.1 Å². The summed E-state index contributed by atoms with van der Waals surface area (Å²) in [5.41, 5.74) is 0. The van der Waals surface area contributed by atoms with E-state index >= 15 is 0 Å². The average Bonchev–Trinajstić information content (AvgIpc) is 3.15. The second-order valence-electron chi connectivity index (χ2n) is 7.70. The lowest BCUT2D eigenvalue weighted by atomic mass is 9.89. The summed E-state index contributed by atoms with van der Waals surface area (Å²) >= 11 is 0. The lowest BCUT2D eigenvalue weighted by Gasteiger charge is -2.43. The highest BCUT2D eigenvalue weighted by molar-refractivity contribution is 5.76. The van der Waals surface area contributed by atoms with Crippen molar-refractivity contribution in [2.75, 3.05) is 26.4 Å². The molecule has 0 aromatic carbocycles. The number of aliphatic hydroxyl groups is 3. The Bertz CT molecular complexity index is 519. The van der Waals surface area contributed by atoms with Crippen molar-refractivity contribution in [3.05, 3.63) is 0 Å². The van der Waals surface area contributed by atoms with Crippen molar-refractivity contribution in [1.29, 1.82) is 0 Å². The maximum absolute atomic E-state index is 12.3. The number of unbranched alkanes of at least 4 members (excludes halogenated alkanes) is 1. The zero-order valence-corrected chi connectivity index (χ0v) is 16.7. The van der Waals surface area contributed by atoms with Crippen molar-refractivity contribution in [1.82, 2.24) is 10.2 Å². The van der Waals surface area contributed by atoms with Gasteiger partial charge in [0.25, 0.3) is 0 Å². The lowest BCUT2D eigenvalue weighted by Crippen LogP contribution is -2.61. The first-order valence-electron chi connectivity index (χ1n) is 10.1. The molecule has 0 aliphatic carbocycles. The van der Waals surface area contributed by atoms with Crippen LogP contribution in [0, 0.1) is 5.92 Å². The first kappa shape index (κ1) is 23.0. The van der Waals surface area contributed by atoms with E-state index in [1.807, 2.05) is 0 Å². The van der Waals surface area contributed by atoms with E-state index in [1.54, 1.807) is 11.8 Å². The van der Waals surface area contributed by atoms with Gasteiger partial charge in [-0.25, -0.2) is 0 Å². The minimum absolute atomic E-state index is 0.00514. The van der Waals surface area contributed by atoms with Crippen molar-refractivity contribution in [3.8, 4) is 0 Å². The highest BCUT2D eigenvalue weighted by Crippen LogP contribution is 2.27. The highest BCUT2D eigenvalue weighted by atomic mass is 16.7. The van der Waals surface area contributed by atoms with E-state index in [1.165, 1.54) is 6.92 Å². The Kier molecular flexibility index (Phi) is 9.10. The number of hydrogen-bond donors (Lipinski definition) is 4. The van der Waals surface area contributed by atoms with E-state index in [-0.39, 0.29) is 37.0 Å². The molecule has 9 heteroatoms. The van der Waals surface area contributed by atoms with Gasteiger partial charge >= 0.3 is 0 Å². The molecule has 2 heterocycles. The SMILES string of the molecule is CC(=O)NC1C(OCCCCC(=O)N2CCC[C@H]2CO)OC(CO)C(C)C1O. The smallest absolute Gasteiger partial charge is 0.222 e. The molecule has 28 heavy (non-hydrogen) atoms. The molecular weight excluding hydrogens is 368 g/mol. The van der Waals surface area contributed by atoms with Crippen LogP contribution in [0.2, 0.25) is 0 Å². The number of rotatable bonds is 9. The number of nitrogens with one attached hydrogen (secondary N) is 1. The Balaban J connectivity index is 1.77. The molecule has 0 saturated carbocycles. The van der Waals surface area contributed by atoms with Gasteiger partial charge in [0.05, 0.1) is 31.5 Å². The standard InChI is InChI=1S/C19H34N2O7/c1-12-15(11-23)28-19(17(18(12)26)20-13(2)24)27-9-4-3-7-16(25)21-8-5-6-14(21)10-22/h12,14-15,17-19,22-23,26H,3-11H2,1-2H3,(H,20,24)/t12?,14-,15?,17?,18?,19?/m0/s1. The van der Waals surface area contributed by atoms with Gasteiger partial charge in [0.15, 0.2) is 6.29 Å². The third-order valence-corrected chi connectivity index (χ3v) is 5.62. The minimum Gasteiger partial charge on any atom is -0.394 e. The van der Waals surface area contributed by atoms with E-state index in [0.29, 0.717) is 32.4 Å². The summed E-state index contributed by atoms with van der Waals surface area (Å²) in [7, 11) is 0. The van der Waals surface area contributed by atoms with Crippen molar-refractivity contribution in [2.45, 2.75) is 76.5 Å². The number of nitrogens with zero attached hydrogens (tertiary/aromatic N) is 1. The fourth-order valence-electron chi connectivity index (χ4n) is 3.90. The second kappa shape index (κ2) is 11.1. The molecule has 2 saturated heterocycles. The predicted molar refractivity (Wildman–Crippen MR) is 100 cm³/mol. The molecule has 162 valence electrons. The Labute approximate surface area is 166 Å². The van der Waals surface area contributed by atoms with E-state index in [2.05, 4.69) is 5.32 Å². The number of hydrogen-bond acceptors (Lipinski definition) is 7. The third-order valence-electron chi connectivity index (χ3n) is 5.62. The van der Waals surface area contributed by atoms with Crippen LogP contribution in [-0.4, -0.2) is 89.0 Å². The van der Waals surface area contributed by atoms with Crippen LogP contribution in [0.15, 0.2) is 0 Å². The average molecular weight is 402 g/mol. The van der Waals surface area contributed by atoms with Gasteiger partial charge in [0.2, 0.25) is 11.8 Å². The van der Waals surface area contributed by atoms with E-state index < -0.39 is 24.5 Å². The normalized spacial score (nSPS) is 33.1. The number of carbonyl (C=O) groups excluding carboxylic acids is 2. The quantitative estimate of drug-likeness (QED) is 0.378. The number of amides is 2. The first-order valence-corrected chi connectivity index (χ1v) is 10.1. The molecule has 0 radical (unpaired) electrons. The summed E-state index contributed by atoms with van der Waals surface area (Å²) in [6.45, 7) is 3.87. The van der Waals surface area contributed by atoms with Crippen LogP contribution in [0.4, 0.5) is 0 Å². The Morgan fingerprint density at radius 3 is 2.64 bits per heavy atom. The van der Waals surface area contributed by atoms with Crippen molar-refractivity contribution < 1.29 is 34.4 Å². The molecule has 0 bridgehead atoms. The number of likely N-dealkylation sites (tertiary alicyclic amines) is 1. The molecule has 2 aliphatic heterocycles. The Morgan fingerprint density at radius 1 is 1.25 bits per heavy atom. The van der Waals surface area contributed by atoms with E-state index in [9.17, 15) is 24.9 Å². The second-order valence-corrected chi connectivity index (χ2v) is 7.70. The summed E-state index contributed by atoms with van der Waals surface area (Å²) in [6.07, 6.45) is 1.08. The van der Waals surface area contributed by atoms with Crippen LogP contribution in [0.1, 0.15) is 46.0 Å². The van der Waals surface area contributed by atoms with Crippen LogP contribution < -0.4 is 5.32 Å². The van der Waals surface area contributed by atoms with Gasteiger partial charge in [0.1, 0.15) is 6.04 Å². The fourth-order valence-corrected chi connectivity index (χ4v) is 3.90. The van der Waals surface area contributed by atoms with Gasteiger partial charge in [-0.2, -0.15) is 0 Å². The molecule has 0 aromatic heterocycles. The zero-order valence-electron chi connectivity index (χ0n) is 16.7. The number of carbonyl (C=O) groups is 2. The molecule has 6 atom stereocenters. The Morgan fingerprint density at radius 2 is 2.00 bits per heavy atom. The molecule has 0 spiro atoms. The molecule has 2 rings (SSSR count). The highest BCUT2D eigenvalue weighted by Gasteiger charge is 2.43. The van der Waals surface area contributed by atoms with Gasteiger partial charge in [-0.3, -0.25) is 9.59 Å². The van der Waals surface area contributed by atoms with Gasteiger partial charge in [0, 0.05) is 32.4 Å². The van der Waals surface area contributed by atoms with Crippen LogP contribution in [0.3, 0.4) is 0 Å². The van der Waals surface area contributed by atoms with Crippen LogP contribution in [0.25, 0.3) is 0 Å². The molecule has 5 unspecified atom stereocenters. The van der Waals surface area contributed by atoms with E-state index in [0.717, 1.165) is 12.8 Å². The zero-order chi connectivity index (χ0) is 20.7. The van der Waals surface area contributed by atoms with Gasteiger partial charge in [-0.1, -0.05) is 6.92 Å². The molecular formula is C19H34N2O7. The summed E-state index contributed by atoms with van der Waals surface area (Å²) < 4.78 is 11.4. The maximum Gasteiger partial charge on any atom is 0.222 e. The largest absolute Gasteiger partial charge is 0.394 e. The Hall–Kier alpha value is -1.26. The molecule has 2 fully saturated rings. The van der Waals surface area contributed by atoms with Gasteiger partial charge in [-0.05, 0) is 25.7 Å². The topological polar surface area (TPSA) is 129 Å². The molecule has 9 nitrogen and oxygen atoms in total. The fraction of sp³-hybridized carbons (Fsp3) is 0.895. The lowest BCUT2D eigenvalue weighted by molar-refractivity contribution is -0.254. The third kappa shape index (κ3) is 5.87. The van der Waals surface area contributed by atoms with E-state index in [4.69, 9.17) is 9.47 Å².